The zero-order valence-corrected chi connectivity index (χ0v) is 13.6. The summed E-state index contributed by atoms with van der Waals surface area (Å²) >= 11 is 0. The first-order valence-electron chi connectivity index (χ1n) is 7.80. The van der Waals surface area contributed by atoms with Gasteiger partial charge in [0.15, 0.2) is 0 Å². The van der Waals surface area contributed by atoms with Crippen molar-refractivity contribution in [2.75, 3.05) is 32.7 Å². The van der Waals surface area contributed by atoms with Gasteiger partial charge in [-0.1, -0.05) is 27.7 Å². The van der Waals surface area contributed by atoms with E-state index in [4.69, 9.17) is 5.11 Å². The fourth-order valence-corrected chi connectivity index (χ4v) is 2.58. The molecule has 0 saturated carbocycles. The van der Waals surface area contributed by atoms with Gasteiger partial charge in [0, 0.05) is 32.7 Å². The standard InChI is InChI=1S/C15H29N3O3/c1-11(2)9-13(14(19)20)16-15(21)18-7-5-17(6-8-18)10-12(3)4/h11-13H,5-10H2,1-4H3,(H,16,21)(H,19,20). The molecule has 1 aliphatic heterocycles. The van der Waals surface area contributed by atoms with Crippen LogP contribution in [0.5, 0.6) is 0 Å². The van der Waals surface area contributed by atoms with Crippen LogP contribution in [0.3, 0.4) is 0 Å². The molecule has 0 aromatic rings. The molecule has 0 aliphatic carbocycles. The van der Waals surface area contributed by atoms with Crippen LogP contribution in [0.4, 0.5) is 4.79 Å². The number of urea groups is 1. The number of hydrogen-bond acceptors (Lipinski definition) is 3. The molecule has 2 N–H and O–H groups in total. The highest BCUT2D eigenvalue weighted by Crippen LogP contribution is 2.08. The number of nitrogens with zero attached hydrogens (tertiary/aromatic N) is 2. The highest BCUT2D eigenvalue weighted by Gasteiger charge is 2.26. The second-order valence-electron chi connectivity index (χ2n) is 6.65. The Bertz CT molecular complexity index is 350. The lowest BCUT2D eigenvalue weighted by atomic mass is 10.0. The van der Waals surface area contributed by atoms with Crippen molar-refractivity contribution in [2.45, 2.75) is 40.2 Å². The van der Waals surface area contributed by atoms with Crippen LogP contribution in [0.1, 0.15) is 34.1 Å². The lowest BCUT2D eigenvalue weighted by Crippen LogP contribution is -2.55. The van der Waals surface area contributed by atoms with Gasteiger partial charge in [0.25, 0.3) is 0 Å². The minimum Gasteiger partial charge on any atom is -0.480 e. The molecule has 1 unspecified atom stereocenters. The molecule has 0 radical (unpaired) electrons. The van der Waals surface area contributed by atoms with Gasteiger partial charge in [-0.25, -0.2) is 9.59 Å². The van der Waals surface area contributed by atoms with Crippen molar-refractivity contribution in [1.29, 1.82) is 0 Å². The van der Waals surface area contributed by atoms with Crippen LogP contribution in [-0.2, 0) is 4.79 Å². The molecule has 1 rings (SSSR count). The maximum absolute atomic E-state index is 12.2. The van der Waals surface area contributed by atoms with Gasteiger partial charge in [0.1, 0.15) is 6.04 Å². The number of carbonyl (C=O) groups is 2. The number of amides is 2. The molecule has 0 aromatic heterocycles. The number of carboxylic acids is 1. The maximum Gasteiger partial charge on any atom is 0.326 e. The molecule has 122 valence electrons. The molecule has 1 atom stereocenters. The monoisotopic (exact) mass is 299 g/mol. The molecule has 1 fully saturated rings. The number of aliphatic carboxylic acids is 1. The normalized spacial score (nSPS) is 18.1. The van der Waals surface area contributed by atoms with Crippen LogP contribution in [-0.4, -0.2) is 65.7 Å². The van der Waals surface area contributed by atoms with Crippen molar-refractivity contribution in [3.05, 3.63) is 0 Å². The molecular weight excluding hydrogens is 270 g/mol. The summed E-state index contributed by atoms with van der Waals surface area (Å²) in [6, 6.07) is -1.06. The van der Waals surface area contributed by atoms with Gasteiger partial charge in [0.05, 0.1) is 0 Å². The number of piperazine rings is 1. The van der Waals surface area contributed by atoms with E-state index < -0.39 is 12.0 Å². The van der Waals surface area contributed by atoms with E-state index in [-0.39, 0.29) is 11.9 Å². The predicted molar refractivity (Wildman–Crippen MR) is 82.3 cm³/mol. The van der Waals surface area contributed by atoms with Crippen LogP contribution in [0.15, 0.2) is 0 Å². The maximum atomic E-state index is 12.2. The van der Waals surface area contributed by atoms with Gasteiger partial charge in [-0.3, -0.25) is 4.90 Å². The van der Waals surface area contributed by atoms with Gasteiger partial charge in [-0.05, 0) is 18.3 Å². The van der Waals surface area contributed by atoms with Crippen LogP contribution < -0.4 is 5.32 Å². The summed E-state index contributed by atoms with van der Waals surface area (Å²) in [4.78, 5) is 27.4. The number of hydrogen-bond donors (Lipinski definition) is 2. The molecule has 0 bridgehead atoms. The zero-order valence-electron chi connectivity index (χ0n) is 13.6. The highest BCUT2D eigenvalue weighted by atomic mass is 16.4. The van der Waals surface area contributed by atoms with Gasteiger partial charge in [-0.15, -0.1) is 0 Å². The van der Waals surface area contributed by atoms with Crippen molar-refractivity contribution < 1.29 is 14.7 Å². The molecule has 1 aliphatic rings. The second-order valence-corrected chi connectivity index (χ2v) is 6.65. The summed E-state index contributed by atoms with van der Waals surface area (Å²) in [5.41, 5.74) is 0. The van der Waals surface area contributed by atoms with Crippen LogP contribution in [0.2, 0.25) is 0 Å². The zero-order chi connectivity index (χ0) is 16.0. The summed E-state index contributed by atoms with van der Waals surface area (Å²) in [5, 5.41) is 11.8. The first-order chi connectivity index (χ1) is 9.79. The molecule has 6 heteroatoms. The number of carboxylic acid groups (broad SMARTS) is 1. The van der Waals surface area contributed by atoms with E-state index in [2.05, 4.69) is 24.1 Å². The van der Waals surface area contributed by atoms with Crippen molar-refractivity contribution >= 4 is 12.0 Å². The summed E-state index contributed by atoms with van der Waals surface area (Å²) in [5.74, 6) is -0.113. The summed E-state index contributed by atoms with van der Waals surface area (Å²) in [6.45, 7) is 12.3. The summed E-state index contributed by atoms with van der Waals surface area (Å²) in [7, 11) is 0. The van der Waals surface area contributed by atoms with Gasteiger partial charge in [0.2, 0.25) is 0 Å². The summed E-state index contributed by atoms with van der Waals surface area (Å²) in [6.07, 6.45) is 0.453. The highest BCUT2D eigenvalue weighted by molar-refractivity contribution is 5.82. The lowest BCUT2D eigenvalue weighted by Gasteiger charge is -2.36. The first-order valence-corrected chi connectivity index (χ1v) is 7.80. The van der Waals surface area contributed by atoms with E-state index >= 15 is 0 Å². The SMILES string of the molecule is CC(C)CC(NC(=O)N1CCN(CC(C)C)CC1)C(=O)O. The van der Waals surface area contributed by atoms with E-state index in [1.54, 1.807) is 4.90 Å². The van der Waals surface area contributed by atoms with E-state index in [9.17, 15) is 9.59 Å². The topological polar surface area (TPSA) is 72.9 Å². The van der Waals surface area contributed by atoms with E-state index in [0.29, 0.717) is 25.4 Å². The van der Waals surface area contributed by atoms with Crippen LogP contribution >= 0.6 is 0 Å². The fraction of sp³-hybridized carbons (Fsp3) is 0.867. The van der Waals surface area contributed by atoms with Crippen molar-refractivity contribution in [2.24, 2.45) is 11.8 Å². The first kappa shape index (κ1) is 17.8. The van der Waals surface area contributed by atoms with Gasteiger partial charge in [-0.2, -0.15) is 0 Å². The average Bonchev–Trinajstić information content (AvgIpc) is 2.37. The third-order valence-electron chi connectivity index (χ3n) is 3.59. The number of rotatable bonds is 6. The Labute approximate surface area is 127 Å². The molecule has 1 saturated heterocycles. The molecular formula is C15H29N3O3. The fourth-order valence-electron chi connectivity index (χ4n) is 2.58. The Morgan fingerprint density at radius 3 is 2.05 bits per heavy atom. The minimum absolute atomic E-state index is 0.231. The molecule has 6 nitrogen and oxygen atoms in total. The van der Waals surface area contributed by atoms with E-state index in [1.165, 1.54) is 0 Å². The third-order valence-corrected chi connectivity index (χ3v) is 3.59. The van der Waals surface area contributed by atoms with E-state index in [0.717, 1.165) is 19.6 Å². The van der Waals surface area contributed by atoms with Crippen molar-refractivity contribution in [1.82, 2.24) is 15.1 Å². The Morgan fingerprint density at radius 1 is 1.05 bits per heavy atom. The largest absolute Gasteiger partial charge is 0.480 e. The molecule has 2 amide bonds. The molecule has 0 spiro atoms. The van der Waals surface area contributed by atoms with Gasteiger partial charge < -0.3 is 15.3 Å². The summed E-state index contributed by atoms with van der Waals surface area (Å²) < 4.78 is 0. The lowest BCUT2D eigenvalue weighted by molar-refractivity contribution is -0.139. The Balaban J connectivity index is 2.44. The molecule has 0 aromatic carbocycles. The number of carbonyl (C=O) groups excluding carboxylic acids is 1. The van der Waals surface area contributed by atoms with Crippen molar-refractivity contribution in [3.8, 4) is 0 Å². The van der Waals surface area contributed by atoms with Crippen LogP contribution in [0.25, 0.3) is 0 Å². The van der Waals surface area contributed by atoms with Crippen molar-refractivity contribution in [3.63, 3.8) is 0 Å². The third kappa shape index (κ3) is 6.33. The smallest absolute Gasteiger partial charge is 0.326 e. The average molecular weight is 299 g/mol. The Hall–Kier alpha value is -1.30. The Morgan fingerprint density at radius 2 is 1.62 bits per heavy atom. The van der Waals surface area contributed by atoms with Crippen LogP contribution in [0, 0.1) is 11.8 Å². The minimum atomic E-state index is -0.963. The number of nitrogens with one attached hydrogen (secondary N) is 1. The quantitative estimate of drug-likeness (QED) is 0.779. The molecule has 21 heavy (non-hydrogen) atoms. The van der Waals surface area contributed by atoms with Gasteiger partial charge >= 0.3 is 12.0 Å². The van der Waals surface area contributed by atoms with E-state index in [1.807, 2.05) is 13.8 Å². The Kier molecular flexibility index (Phi) is 6.95. The molecule has 1 heterocycles. The predicted octanol–water partition coefficient (Wildman–Crippen LogP) is 1.47. The second kappa shape index (κ2) is 8.22.